The molecule has 20 heteroatoms. The topological polar surface area (TPSA) is 220 Å². The van der Waals surface area contributed by atoms with Crippen LogP contribution in [0.5, 0.6) is 23.0 Å². The maximum absolute atomic E-state index is 12.6. The molecule has 0 aromatic heterocycles. The first-order valence-corrected chi connectivity index (χ1v) is 22.3. The van der Waals surface area contributed by atoms with Gasteiger partial charge in [-0.25, -0.2) is 9.59 Å². The lowest BCUT2D eigenvalue weighted by Gasteiger charge is -2.32. The van der Waals surface area contributed by atoms with Crippen LogP contribution in [0.25, 0.3) is 0 Å². The number of carbonyl (C=O) groups is 4. The van der Waals surface area contributed by atoms with E-state index in [-0.39, 0.29) is 51.5 Å². The average Bonchev–Trinajstić information content (AvgIpc) is 3.83. The van der Waals surface area contributed by atoms with E-state index in [0.29, 0.717) is 64.1 Å². The summed E-state index contributed by atoms with van der Waals surface area (Å²) in [4.78, 5) is 46.6. The number of esters is 2. The highest BCUT2D eigenvalue weighted by molar-refractivity contribution is 6.32. The molecule has 4 rings (SSSR count). The lowest BCUT2D eigenvalue weighted by molar-refractivity contribution is -0.165. The van der Waals surface area contributed by atoms with E-state index in [2.05, 4.69) is 17.1 Å². The molecule has 2 aromatic rings. The number of fused-ring (bicyclic) bond motifs is 2. The predicted molar refractivity (Wildman–Crippen MR) is 246 cm³/mol. The molecule has 0 unspecified atom stereocenters. The number of carbonyl (C=O) groups excluding carboxylic acids is 2. The summed E-state index contributed by atoms with van der Waals surface area (Å²) in [5.74, 6) is -0.160. The fraction of sp³-hybridized carbons (Fsp3) is 0.636. The second kappa shape index (κ2) is 28.5. The highest BCUT2D eigenvalue weighted by Gasteiger charge is 2.30. The van der Waals surface area contributed by atoms with Gasteiger partial charge in [-0.1, -0.05) is 37.6 Å². The standard InChI is InChI=1S/C21H31Cl2NO4.C18H25Cl2NO4.C4H6O6.CH4/c1-5-8-24(9-6-7-22)16(12-20(25)28-21(2,3)4)10-15-11-18-19(13-17(15)23)27-14-26-18;1-18(2,3)25-17(22)9-13(21-6-4-5-19)7-12-8-15-16(10-14(12)20)24-11-23-15;5-1(3(7)8)2(6)4(9)10;/h11,13,16H,5-10,12,14H2,1-4H3;8,10,13,21H,4-7,9,11H2,1-3H3;1-2,5-6H,(H,7,8)(H,9,10);1H4/t16-;13-;1-,2-;/m111./s1. The number of aliphatic hydroxyl groups is 2. The smallest absolute Gasteiger partial charge is 0.335 e. The zero-order chi connectivity index (χ0) is 47.5. The molecular weight excluding hydrogens is 922 g/mol. The molecule has 64 heavy (non-hydrogen) atoms. The zero-order valence-corrected chi connectivity index (χ0v) is 39.9. The van der Waals surface area contributed by atoms with E-state index >= 15 is 0 Å². The normalized spacial score (nSPS) is 14.4. The number of ether oxygens (including phenoxy) is 6. The first-order valence-electron chi connectivity index (χ1n) is 20.5. The molecule has 0 amide bonds. The number of carboxylic acids is 2. The molecule has 0 bridgehead atoms. The van der Waals surface area contributed by atoms with Crippen LogP contribution in [0.2, 0.25) is 10.0 Å². The van der Waals surface area contributed by atoms with E-state index in [4.69, 9.17) is 95.3 Å². The third-order valence-electron chi connectivity index (χ3n) is 8.82. The first kappa shape index (κ1) is 58.5. The third kappa shape index (κ3) is 21.7. The van der Waals surface area contributed by atoms with Gasteiger partial charge in [0, 0.05) is 46.0 Å². The molecule has 0 radical (unpaired) electrons. The number of carboxylic acid groups (broad SMARTS) is 2. The molecule has 2 aromatic carbocycles. The Kier molecular flexibility index (Phi) is 26.1. The summed E-state index contributed by atoms with van der Waals surface area (Å²) >= 11 is 24.5. The van der Waals surface area contributed by atoms with Crippen molar-refractivity contribution in [2.45, 2.75) is 136 Å². The number of hydrogen-bond donors (Lipinski definition) is 5. The number of nitrogens with one attached hydrogen (secondary N) is 1. The Hall–Kier alpha value is -3.48. The van der Waals surface area contributed by atoms with Crippen LogP contribution in [-0.2, 0) is 41.5 Å². The van der Waals surface area contributed by atoms with E-state index in [1.165, 1.54) is 0 Å². The lowest BCUT2D eigenvalue weighted by Crippen LogP contribution is -2.41. The minimum atomic E-state index is -2.27. The van der Waals surface area contributed by atoms with Gasteiger partial charge in [0.2, 0.25) is 13.6 Å². The van der Waals surface area contributed by atoms with Gasteiger partial charge in [-0.05, 0) is 117 Å². The summed E-state index contributed by atoms with van der Waals surface area (Å²) in [6.45, 7) is 16.2. The fourth-order valence-corrected chi connectivity index (χ4v) is 6.84. The van der Waals surface area contributed by atoms with E-state index < -0.39 is 35.3 Å². The van der Waals surface area contributed by atoms with Gasteiger partial charge in [0.25, 0.3) is 0 Å². The molecule has 2 heterocycles. The highest BCUT2D eigenvalue weighted by Crippen LogP contribution is 2.39. The van der Waals surface area contributed by atoms with Crippen LogP contribution in [0, 0.1) is 0 Å². The Balaban J connectivity index is 0.000000524. The van der Waals surface area contributed by atoms with Gasteiger partial charge in [0.05, 0.1) is 12.8 Å². The van der Waals surface area contributed by atoms with Gasteiger partial charge in [0.15, 0.2) is 35.2 Å². The third-order valence-corrected chi connectivity index (χ3v) is 10.1. The molecule has 16 nitrogen and oxygen atoms in total. The van der Waals surface area contributed by atoms with Crippen LogP contribution in [0.15, 0.2) is 24.3 Å². The molecular formula is C44H66Cl4N2O14. The summed E-state index contributed by atoms with van der Waals surface area (Å²) in [5.41, 5.74) is 0.821. The van der Waals surface area contributed by atoms with Crippen LogP contribution in [0.3, 0.4) is 0 Å². The van der Waals surface area contributed by atoms with Crippen molar-refractivity contribution in [3.8, 4) is 23.0 Å². The number of alkyl halides is 2. The molecule has 2 aliphatic rings. The molecule has 0 aliphatic carbocycles. The second-order valence-electron chi connectivity index (χ2n) is 16.6. The van der Waals surface area contributed by atoms with E-state index in [0.717, 1.165) is 50.0 Å². The lowest BCUT2D eigenvalue weighted by atomic mass is 10.00. The van der Waals surface area contributed by atoms with Gasteiger partial charge >= 0.3 is 23.9 Å². The molecule has 0 saturated heterocycles. The number of halogens is 4. The minimum absolute atomic E-state index is 0. The van der Waals surface area contributed by atoms with Gasteiger partial charge in [-0.15, -0.1) is 23.2 Å². The van der Waals surface area contributed by atoms with Crippen molar-refractivity contribution in [1.29, 1.82) is 0 Å². The largest absolute Gasteiger partial charge is 0.479 e. The molecule has 2 aliphatic heterocycles. The molecule has 4 atom stereocenters. The van der Waals surface area contributed by atoms with Crippen molar-refractivity contribution in [2.75, 3.05) is 45.0 Å². The van der Waals surface area contributed by atoms with Crippen molar-refractivity contribution < 1.29 is 68.0 Å². The average molecular weight is 989 g/mol. The molecule has 0 spiro atoms. The van der Waals surface area contributed by atoms with Crippen LogP contribution in [0.4, 0.5) is 0 Å². The Morgan fingerprint density at radius 1 is 0.703 bits per heavy atom. The fourth-order valence-electron chi connectivity index (χ4n) is 6.13. The van der Waals surface area contributed by atoms with Crippen molar-refractivity contribution in [3.63, 3.8) is 0 Å². The first-order chi connectivity index (χ1) is 29.5. The quantitative estimate of drug-likeness (QED) is 0.0465. The zero-order valence-electron chi connectivity index (χ0n) is 36.8. The monoisotopic (exact) mass is 986 g/mol. The summed E-state index contributed by atoms with van der Waals surface area (Å²) in [5, 5.41) is 37.1. The molecule has 0 fully saturated rings. The second-order valence-corrected chi connectivity index (χ2v) is 18.1. The van der Waals surface area contributed by atoms with Crippen LogP contribution >= 0.6 is 46.4 Å². The van der Waals surface area contributed by atoms with E-state index in [9.17, 15) is 19.2 Å². The van der Waals surface area contributed by atoms with E-state index in [1.807, 2.05) is 53.7 Å². The molecule has 5 N–H and O–H groups in total. The summed E-state index contributed by atoms with van der Waals surface area (Å²) in [7, 11) is 0. The van der Waals surface area contributed by atoms with Crippen LogP contribution < -0.4 is 24.3 Å². The van der Waals surface area contributed by atoms with Crippen molar-refractivity contribution in [1.82, 2.24) is 10.2 Å². The maximum atomic E-state index is 12.6. The highest BCUT2D eigenvalue weighted by atomic mass is 35.5. The minimum Gasteiger partial charge on any atom is -0.479 e. The van der Waals surface area contributed by atoms with Crippen LogP contribution in [0.1, 0.15) is 99.1 Å². The van der Waals surface area contributed by atoms with Crippen LogP contribution in [-0.4, -0.2) is 130 Å². The number of benzene rings is 2. The van der Waals surface area contributed by atoms with Gasteiger partial charge in [-0.3, -0.25) is 14.5 Å². The predicted octanol–water partition coefficient (Wildman–Crippen LogP) is 7.50. The Bertz CT molecular complexity index is 1770. The maximum Gasteiger partial charge on any atom is 0.335 e. The SMILES string of the molecule is C.CC(C)(C)OC(=O)C[C@@H](Cc1cc2c(cc1Cl)OCO2)NCCCCl.CCCN(CCCCl)[C@@H](CC(=O)OC(C)(C)C)Cc1cc2c(cc1Cl)OCO2.O=C(O)[C@H](O)[C@@H](O)C(=O)O. The van der Waals surface area contributed by atoms with Gasteiger partial charge in [0.1, 0.15) is 11.2 Å². The number of rotatable bonds is 21. The molecule has 0 saturated carbocycles. The van der Waals surface area contributed by atoms with Crippen molar-refractivity contribution in [3.05, 3.63) is 45.4 Å². The number of hydrogen-bond acceptors (Lipinski definition) is 14. The Morgan fingerprint density at radius 3 is 1.53 bits per heavy atom. The molecule has 364 valence electrons. The van der Waals surface area contributed by atoms with Gasteiger partial charge < -0.3 is 54.2 Å². The summed E-state index contributed by atoms with van der Waals surface area (Å²) < 4.78 is 32.6. The summed E-state index contributed by atoms with van der Waals surface area (Å²) in [6, 6.07) is 7.19. The Labute approximate surface area is 396 Å². The van der Waals surface area contributed by atoms with E-state index in [1.54, 1.807) is 12.1 Å². The van der Waals surface area contributed by atoms with Crippen molar-refractivity contribution in [2.24, 2.45) is 0 Å². The number of aliphatic hydroxyl groups excluding tert-OH is 2. The van der Waals surface area contributed by atoms with Gasteiger partial charge in [-0.2, -0.15) is 0 Å². The summed E-state index contributed by atoms with van der Waals surface area (Å²) in [6.07, 6.45) is -0.109. The Morgan fingerprint density at radius 2 is 1.12 bits per heavy atom. The number of aliphatic carboxylic acids is 2. The van der Waals surface area contributed by atoms with Crippen molar-refractivity contribution >= 4 is 70.3 Å². The number of nitrogens with zero attached hydrogens (tertiary/aromatic N) is 1.